The zero-order valence-electron chi connectivity index (χ0n) is 19.6. The molecule has 1 aliphatic carbocycles. The summed E-state index contributed by atoms with van der Waals surface area (Å²) in [5.41, 5.74) is 11.6. The van der Waals surface area contributed by atoms with E-state index in [1.165, 1.54) is 50.2 Å². The van der Waals surface area contributed by atoms with Crippen molar-refractivity contribution in [2.24, 2.45) is 0 Å². The van der Waals surface area contributed by atoms with Crippen molar-refractivity contribution < 1.29 is 0 Å². The molecule has 0 atom stereocenters. The van der Waals surface area contributed by atoms with Gasteiger partial charge in [-0.2, -0.15) is 0 Å². The van der Waals surface area contributed by atoms with Crippen LogP contribution in [0.25, 0.3) is 22.8 Å². The number of nitrogens with zero attached hydrogens (tertiary/aromatic N) is 1. The molecule has 0 saturated heterocycles. The van der Waals surface area contributed by atoms with Crippen molar-refractivity contribution in [2.75, 3.05) is 4.90 Å². The lowest BCUT2D eigenvalue weighted by Crippen LogP contribution is -2.22. The highest BCUT2D eigenvalue weighted by Gasteiger charge is 2.22. The summed E-state index contributed by atoms with van der Waals surface area (Å²) in [6.45, 7) is 1.74. The van der Waals surface area contributed by atoms with Gasteiger partial charge in [0.25, 0.3) is 0 Å². The number of fused-ring (bicyclic) bond motifs is 3. The Morgan fingerprint density at radius 3 is 1.34 bits per heavy atom. The zero-order chi connectivity index (χ0) is 23.5. The summed E-state index contributed by atoms with van der Waals surface area (Å²) < 4.78 is 0. The molecule has 0 saturated carbocycles. The molecule has 0 fully saturated rings. The van der Waals surface area contributed by atoms with E-state index < -0.39 is 0 Å². The Hall–Kier alpha value is -4.36. The second-order valence-corrected chi connectivity index (χ2v) is 9.07. The number of rotatable bonds is 6. The molecule has 0 N–H and O–H groups in total. The normalized spacial score (nSPS) is 11.6. The van der Waals surface area contributed by atoms with Crippen LogP contribution >= 0.6 is 0 Å². The minimum absolute atomic E-state index is 0.872. The van der Waals surface area contributed by atoms with Crippen LogP contribution < -0.4 is 4.90 Å². The summed E-state index contributed by atoms with van der Waals surface area (Å²) in [7, 11) is 0. The maximum absolute atomic E-state index is 2.45. The first-order valence-corrected chi connectivity index (χ1v) is 12.2. The van der Waals surface area contributed by atoms with Crippen LogP contribution in [0.2, 0.25) is 0 Å². The molecular formula is C34H27N. The van der Waals surface area contributed by atoms with Crippen molar-refractivity contribution in [2.45, 2.75) is 13.1 Å². The van der Waals surface area contributed by atoms with E-state index in [1.807, 2.05) is 0 Å². The Kier molecular flexibility index (Phi) is 5.74. The van der Waals surface area contributed by atoms with E-state index in [9.17, 15) is 0 Å². The summed E-state index contributed by atoms with van der Waals surface area (Å²) >= 11 is 0. The van der Waals surface area contributed by atoms with Crippen LogP contribution in [-0.4, -0.2) is 0 Å². The molecule has 0 heterocycles. The van der Waals surface area contributed by atoms with Gasteiger partial charge in [0.05, 0.1) is 0 Å². The third-order valence-corrected chi connectivity index (χ3v) is 6.73. The molecule has 0 unspecified atom stereocenters. The van der Waals surface area contributed by atoms with Crippen molar-refractivity contribution in [3.63, 3.8) is 0 Å². The Balaban J connectivity index is 1.33. The number of anilines is 1. The first-order chi connectivity index (χ1) is 17.3. The van der Waals surface area contributed by atoms with Gasteiger partial charge in [0, 0.05) is 18.8 Å². The maximum Gasteiger partial charge on any atom is 0.0433 e. The van der Waals surface area contributed by atoms with E-state index in [4.69, 9.17) is 0 Å². The average molecular weight is 450 g/mol. The quantitative estimate of drug-likeness (QED) is 0.246. The Morgan fingerprint density at radius 1 is 0.429 bits per heavy atom. The maximum atomic E-state index is 2.45. The number of hydrogen-bond acceptors (Lipinski definition) is 1. The van der Waals surface area contributed by atoms with E-state index >= 15 is 0 Å². The summed E-state index contributed by atoms with van der Waals surface area (Å²) in [6.07, 6.45) is 2.33. The molecule has 6 rings (SSSR count). The van der Waals surface area contributed by atoms with Gasteiger partial charge < -0.3 is 4.90 Å². The second kappa shape index (κ2) is 9.48. The lowest BCUT2D eigenvalue weighted by molar-refractivity contribution is 0.800. The number of benzene rings is 5. The third kappa shape index (κ3) is 4.41. The van der Waals surface area contributed by atoms with Crippen LogP contribution in [0.5, 0.6) is 0 Å². The van der Waals surface area contributed by atoms with Crippen LogP contribution in [0.15, 0.2) is 133 Å². The monoisotopic (exact) mass is 449 g/mol. The zero-order valence-corrected chi connectivity index (χ0v) is 19.6. The van der Waals surface area contributed by atoms with Gasteiger partial charge in [-0.25, -0.2) is 0 Å². The van der Waals surface area contributed by atoms with Crippen molar-refractivity contribution in [1.29, 1.82) is 0 Å². The molecule has 168 valence electrons. The van der Waals surface area contributed by atoms with Gasteiger partial charge in [0.2, 0.25) is 0 Å². The van der Waals surface area contributed by atoms with Crippen molar-refractivity contribution in [3.8, 4) is 11.1 Å². The summed E-state index contributed by atoms with van der Waals surface area (Å²) in [5, 5.41) is 0. The third-order valence-electron chi connectivity index (χ3n) is 6.73. The van der Waals surface area contributed by atoms with E-state index in [-0.39, 0.29) is 0 Å². The fourth-order valence-corrected chi connectivity index (χ4v) is 5.00. The minimum atomic E-state index is 0.872. The van der Waals surface area contributed by atoms with Crippen LogP contribution in [0.4, 0.5) is 5.69 Å². The van der Waals surface area contributed by atoms with Crippen LogP contribution in [0, 0.1) is 0 Å². The fraction of sp³-hybridized carbons (Fsp3) is 0.0588. The molecule has 1 heteroatoms. The molecular weight excluding hydrogens is 422 g/mol. The molecule has 0 radical (unpaired) electrons. The second-order valence-electron chi connectivity index (χ2n) is 9.07. The lowest BCUT2D eigenvalue weighted by Gasteiger charge is -2.25. The molecule has 0 spiro atoms. The summed E-state index contributed by atoms with van der Waals surface area (Å²) in [5.74, 6) is 0. The van der Waals surface area contributed by atoms with Gasteiger partial charge in [0.15, 0.2) is 0 Å². The van der Waals surface area contributed by atoms with Gasteiger partial charge in [0.1, 0.15) is 0 Å². The first kappa shape index (κ1) is 21.2. The summed E-state index contributed by atoms with van der Waals surface area (Å²) in [6, 6.07) is 47.8. The van der Waals surface area contributed by atoms with E-state index in [0.29, 0.717) is 0 Å². The molecule has 5 aromatic rings. The van der Waals surface area contributed by atoms with E-state index in [0.717, 1.165) is 13.1 Å². The van der Waals surface area contributed by atoms with Crippen LogP contribution in [-0.2, 0) is 13.1 Å². The highest BCUT2D eigenvalue weighted by Crippen LogP contribution is 2.44. The molecule has 35 heavy (non-hydrogen) atoms. The molecule has 0 amide bonds. The summed E-state index contributed by atoms with van der Waals surface area (Å²) in [4.78, 5) is 2.45. The van der Waals surface area contributed by atoms with E-state index in [1.54, 1.807) is 0 Å². The van der Waals surface area contributed by atoms with Gasteiger partial charge in [-0.3, -0.25) is 0 Å². The predicted molar refractivity (Wildman–Crippen MR) is 148 cm³/mol. The fourth-order valence-electron chi connectivity index (χ4n) is 5.00. The lowest BCUT2D eigenvalue weighted by atomic mass is 10.0. The highest BCUT2D eigenvalue weighted by atomic mass is 15.1. The SMILES string of the molecule is C(=C1c2ccccc2-c2ccccc21)c1ccc(N(Cc2ccccc2)Cc2ccccc2)cc1. The molecule has 0 bridgehead atoms. The standard InChI is InChI=1S/C34H27N/c1-3-11-27(12-4-1)24-35(25-28-13-5-2-6-14-28)29-21-19-26(20-22-29)23-34-32-17-9-7-15-30(32)31-16-8-10-18-33(31)34/h1-23H,24-25H2. The van der Waals surface area contributed by atoms with Crippen LogP contribution in [0.3, 0.4) is 0 Å². The van der Waals surface area contributed by atoms with E-state index in [2.05, 4.69) is 144 Å². The molecule has 0 aromatic heterocycles. The van der Waals surface area contributed by atoms with Gasteiger partial charge in [-0.1, -0.05) is 121 Å². The van der Waals surface area contributed by atoms with Crippen LogP contribution in [0.1, 0.15) is 27.8 Å². The highest BCUT2D eigenvalue weighted by molar-refractivity contribution is 6.06. The first-order valence-electron chi connectivity index (χ1n) is 12.2. The van der Waals surface area contributed by atoms with Crippen molar-refractivity contribution in [1.82, 2.24) is 0 Å². The molecule has 5 aromatic carbocycles. The predicted octanol–water partition coefficient (Wildman–Crippen LogP) is 8.46. The average Bonchev–Trinajstić information content (AvgIpc) is 3.24. The smallest absolute Gasteiger partial charge is 0.0433 e. The Bertz CT molecular complexity index is 1380. The Morgan fingerprint density at radius 2 is 0.857 bits per heavy atom. The number of hydrogen-bond donors (Lipinski definition) is 0. The largest absolute Gasteiger partial charge is 0.363 e. The van der Waals surface area contributed by atoms with Gasteiger partial charge in [-0.15, -0.1) is 0 Å². The molecule has 1 aliphatic rings. The van der Waals surface area contributed by atoms with Gasteiger partial charge >= 0.3 is 0 Å². The van der Waals surface area contributed by atoms with Crippen molar-refractivity contribution in [3.05, 3.63) is 161 Å². The Labute approximate surface area is 207 Å². The van der Waals surface area contributed by atoms with Crippen molar-refractivity contribution >= 4 is 17.3 Å². The minimum Gasteiger partial charge on any atom is -0.363 e. The van der Waals surface area contributed by atoms with Gasteiger partial charge in [-0.05, 0) is 62.7 Å². The molecule has 1 nitrogen and oxygen atoms in total. The molecule has 0 aliphatic heterocycles. The topological polar surface area (TPSA) is 3.24 Å².